The van der Waals surface area contributed by atoms with Gasteiger partial charge in [-0.1, -0.05) is 19.3 Å². The van der Waals surface area contributed by atoms with Crippen LogP contribution in [0, 0.1) is 5.41 Å². The van der Waals surface area contributed by atoms with Gasteiger partial charge in [0.2, 0.25) is 5.91 Å². The highest BCUT2D eigenvalue weighted by molar-refractivity contribution is 5.85. The second-order valence-corrected chi connectivity index (χ2v) is 6.15. The Hall–Kier alpha value is -0.320. The maximum Gasteiger partial charge on any atom is 0.236 e. The molecule has 5 heteroatoms. The van der Waals surface area contributed by atoms with E-state index >= 15 is 0 Å². The minimum Gasteiger partial charge on any atom is -0.383 e. The van der Waals surface area contributed by atoms with E-state index in [1.165, 1.54) is 44.9 Å². The highest BCUT2D eigenvalue weighted by atomic mass is 35.5. The fourth-order valence-electron chi connectivity index (χ4n) is 3.61. The standard InChI is InChI=1S/C15H28N2O2.ClH/c1-19-11-9-16-12-14(18)17-10-5-8-15(13-17)6-3-2-4-7-15;/h16H,2-13H2,1H3;1H. The largest absolute Gasteiger partial charge is 0.383 e. The Labute approximate surface area is 129 Å². The lowest BCUT2D eigenvalue weighted by Gasteiger charge is -2.45. The average Bonchev–Trinajstić information content (AvgIpc) is 2.44. The minimum atomic E-state index is 0. The lowest BCUT2D eigenvalue weighted by Crippen LogP contribution is -2.49. The fourth-order valence-corrected chi connectivity index (χ4v) is 3.61. The predicted molar refractivity (Wildman–Crippen MR) is 83.3 cm³/mol. The number of hydrogen-bond acceptors (Lipinski definition) is 3. The Bertz CT molecular complexity index is 288. The van der Waals surface area contributed by atoms with E-state index in [2.05, 4.69) is 10.2 Å². The molecule has 1 spiro atoms. The van der Waals surface area contributed by atoms with Gasteiger partial charge in [0.05, 0.1) is 13.2 Å². The first-order chi connectivity index (χ1) is 9.26. The molecule has 1 amide bonds. The van der Waals surface area contributed by atoms with Crippen molar-refractivity contribution in [3.63, 3.8) is 0 Å². The van der Waals surface area contributed by atoms with Gasteiger partial charge in [-0.3, -0.25) is 4.79 Å². The first kappa shape index (κ1) is 17.7. The Morgan fingerprint density at radius 2 is 1.90 bits per heavy atom. The molecule has 4 nitrogen and oxygen atoms in total. The number of likely N-dealkylation sites (tertiary alicyclic amines) is 1. The molecule has 1 heterocycles. The number of amides is 1. The summed E-state index contributed by atoms with van der Waals surface area (Å²) in [6.07, 6.45) is 9.26. The molecule has 2 aliphatic rings. The molecule has 1 saturated heterocycles. The second kappa shape index (κ2) is 8.85. The third-order valence-corrected chi connectivity index (χ3v) is 4.69. The van der Waals surface area contributed by atoms with Crippen molar-refractivity contribution < 1.29 is 9.53 Å². The average molecular weight is 305 g/mol. The maximum absolute atomic E-state index is 12.2. The molecule has 0 radical (unpaired) electrons. The van der Waals surface area contributed by atoms with Gasteiger partial charge in [-0.15, -0.1) is 12.4 Å². The van der Waals surface area contributed by atoms with Gasteiger partial charge >= 0.3 is 0 Å². The molecule has 1 N–H and O–H groups in total. The molecule has 1 saturated carbocycles. The van der Waals surface area contributed by atoms with Crippen LogP contribution in [-0.4, -0.2) is 50.7 Å². The molecule has 0 atom stereocenters. The number of nitrogens with zero attached hydrogens (tertiary/aromatic N) is 1. The zero-order chi connectivity index (χ0) is 13.6. The topological polar surface area (TPSA) is 41.6 Å². The van der Waals surface area contributed by atoms with Crippen LogP contribution in [0.5, 0.6) is 0 Å². The first-order valence-corrected chi connectivity index (χ1v) is 7.73. The molecule has 2 rings (SSSR count). The van der Waals surface area contributed by atoms with E-state index in [-0.39, 0.29) is 18.3 Å². The Morgan fingerprint density at radius 3 is 2.60 bits per heavy atom. The van der Waals surface area contributed by atoms with Crippen molar-refractivity contribution in [3.05, 3.63) is 0 Å². The van der Waals surface area contributed by atoms with Crippen molar-refractivity contribution in [2.45, 2.75) is 44.9 Å². The number of methoxy groups -OCH3 is 1. The van der Waals surface area contributed by atoms with Crippen LogP contribution in [0.2, 0.25) is 0 Å². The zero-order valence-corrected chi connectivity index (χ0v) is 13.5. The van der Waals surface area contributed by atoms with Crippen molar-refractivity contribution >= 4 is 18.3 Å². The molecule has 0 bridgehead atoms. The molecule has 1 aliphatic heterocycles. The van der Waals surface area contributed by atoms with Crippen LogP contribution < -0.4 is 5.32 Å². The Morgan fingerprint density at radius 1 is 1.20 bits per heavy atom. The van der Waals surface area contributed by atoms with Gasteiger partial charge in [-0.2, -0.15) is 0 Å². The highest BCUT2D eigenvalue weighted by Crippen LogP contribution is 2.43. The van der Waals surface area contributed by atoms with E-state index in [0.717, 1.165) is 19.6 Å². The summed E-state index contributed by atoms with van der Waals surface area (Å²) in [6.45, 7) is 3.82. The quantitative estimate of drug-likeness (QED) is 0.792. The lowest BCUT2D eigenvalue weighted by atomic mass is 9.69. The van der Waals surface area contributed by atoms with E-state index in [4.69, 9.17) is 4.74 Å². The maximum atomic E-state index is 12.2. The van der Waals surface area contributed by atoms with Gasteiger partial charge in [-0.05, 0) is 31.1 Å². The summed E-state index contributed by atoms with van der Waals surface area (Å²) in [5.74, 6) is 0.265. The van der Waals surface area contributed by atoms with Gasteiger partial charge < -0.3 is 15.0 Å². The summed E-state index contributed by atoms with van der Waals surface area (Å²) in [7, 11) is 1.68. The molecule has 0 aromatic carbocycles. The summed E-state index contributed by atoms with van der Waals surface area (Å²) in [5, 5.41) is 3.16. The molecular formula is C15H29ClN2O2. The number of rotatable bonds is 5. The molecule has 2 fully saturated rings. The number of carbonyl (C=O) groups is 1. The van der Waals surface area contributed by atoms with Crippen molar-refractivity contribution in [1.29, 1.82) is 0 Å². The molecule has 0 aromatic rings. The number of hydrogen-bond donors (Lipinski definition) is 1. The van der Waals surface area contributed by atoms with Gasteiger partial charge in [0.25, 0.3) is 0 Å². The number of piperidine rings is 1. The van der Waals surface area contributed by atoms with E-state index in [1.807, 2.05) is 0 Å². The number of carbonyl (C=O) groups excluding carboxylic acids is 1. The molecule has 20 heavy (non-hydrogen) atoms. The van der Waals surface area contributed by atoms with Gasteiger partial charge in [0.1, 0.15) is 0 Å². The summed E-state index contributed by atoms with van der Waals surface area (Å²) in [6, 6.07) is 0. The smallest absolute Gasteiger partial charge is 0.236 e. The van der Waals surface area contributed by atoms with Crippen LogP contribution in [0.4, 0.5) is 0 Å². The van der Waals surface area contributed by atoms with Crippen LogP contribution in [-0.2, 0) is 9.53 Å². The Kier molecular flexibility index (Phi) is 7.85. The van der Waals surface area contributed by atoms with Crippen LogP contribution in [0.15, 0.2) is 0 Å². The zero-order valence-electron chi connectivity index (χ0n) is 12.7. The Balaban J connectivity index is 0.00000200. The van der Waals surface area contributed by atoms with Crippen molar-refractivity contribution in [2.75, 3.05) is 39.9 Å². The summed E-state index contributed by atoms with van der Waals surface area (Å²) >= 11 is 0. The minimum absolute atomic E-state index is 0. The van der Waals surface area contributed by atoms with Crippen LogP contribution in [0.25, 0.3) is 0 Å². The number of nitrogens with one attached hydrogen (secondary N) is 1. The molecule has 1 aliphatic carbocycles. The third-order valence-electron chi connectivity index (χ3n) is 4.69. The van der Waals surface area contributed by atoms with Gasteiger partial charge in [-0.25, -0.2) is 0 Å². The SMILES string of the molecule is COCCNCC(=O)N1CCCC2(CCCCC2)C1.Cl. The van der Waals surface area contributed by atoms with E-state index in [1.54, 1.807) is 7.11 Å². The van der Waals surface area contributed by atoms with E-state index < -0.39 is 0 Å². The normalized spacial score (nSPS) is 21.6. The van der Waals surface area contributed by atoms with E-state index in [0.29, 0.717) is 18.6 Å². The summed E-state index contributed by atoms with van der Waals surface area (Å²) in [4.78, 5) is 14.3. The second-order valence-electron chi connectivity index (χ2n) is 6.15. The summed E-state index contributed by atoms with van der Waals surface area (Å²) in [5.41, 5.74) is 0.457. The van der Waals surface area contributed by atoms with Crippen LogP contribution in [0.3, 0.4) is 0 Å². The molecule has 0 aromatic heterocycles. The lowest BCUT2D eigenvalue weighted by molar-refractivity contribution is -0.134. The number of ether oxygens (including phenoxy) is 1. The fraction of sp³-hybridized carbons (Fsp3) is 0.933. The van der Waals surface area contributed by atoms with Crippen LogP contribution in [0.1, 0.15) is 44.9 Å². The molecule has 118 valence electrons. The predicted octanol–water partition coefficient (Wildman–Crippen LogP) is 2.22. The van der Waals surface area contributed by atoms with Gasteiger partial charge in [0.15, 0.2) is 0 Å². The number of halogens is 1. The van der Waals surface area contributed by atoms with Crippen molar-refractivity contribution in [3.8, 4) is 0 Å². The van der Waals surface area contributed by atoms with Crippen molar-refractivity contribution in [1.82, 2.24) is 10.2 Å². The third kappa shape index (κ3) is 4.90. The molecule has 0 unspecified atom stereocenters. The highest BCUT2D eigenvalue weighted by Gasteiger charge is 2.37. The summed E-state index contributed by atoms with van der Waals surface area (Å²) < 4.78 is 4.97. The monoisotopic (exact) mass is 304 g/mol. The van der Waals surface area contributed by atoms with Gasteiger partial charge in [0, 0.05) is 26.7 Å². The van der Waals surface area contributed by atoms with Crippen molar-refractivity contribution in [2.24, 2.45) is 5.41 Å². The van der Waals surface area contributed by atoms with Crippen LogP contribution >= 0.6 is 12.4 Å². The molecular weight excluding hydrogens is 276 g/mol. The van der Waals surface area contributed by atoms with E-state index in [9.17, 15) is 4.79 Å². The first-order valence-electron chi connectivity index (χ1n) is 7.73.